The zero-order chi connectivity index (χ0) is 23.9. The van der Waals surface area contributed by atoms with Gasteiger partial charge in [-0.3, -0.25) is 19.3 Å². The number of Topliss-reactive ketones (excluding diaryl/α,β-unsaturated/α-hetero) is 2. The third kappa shape index (κ3) is 2.48. The predicted octanol–water partition coefficient (Wildman–Crippen LogP) is -0.371. The minimum Gasteiger partial charge on any atom is -0.508 e. The van der Waals surface area contributed by atoms with Crippen molar-refractivity contribution < 1.29 is 39.9 Å². The molecule has 5 atom stereocenters. The zero-order valence-electron chi connectivity index (χ0n) is 17.7. The van der Waals surface area contributed by atoms with Crippen LogP contribution in [-0.2, 0) is 20.0 Å². The summed E-state index contributed by atoms with van der Waals surface area (Å²) >= 11 is 0. The summed E-state index contributed by atoms with van der Waals surface area (Å²) < 4.78 is 0. The van der Waals surface area contributed by atoms with Gasteiger partial charge in [0, 0.05) is 17.4 Å². The highest BCUT2D eigenvalue weighted by Crippen LogP contribution is 2.57. The molecule has 10 heteroatoms. The van der Waals surface area contributed by atoms with Gasteiger partial charge < -0.3 is 31.3 Å². The Hall–Kier alpha value is -3.21. The minimum atomic E-state index is -2.75. The Morgan fingerprint density at radius 3 is 2.34 bits per heavy atom. The number of carbonyl (C=O) groups is 3. The highest BCUT2D eigenvalue weighted by atomic mass is 16.3. The van der Waals surface area contributed by atoms with Crippen LogP contribution in [0.3, 0.4) is 0 Å². The van der Waals surface area contributed by atoms with E-state index in [0.29, 0.717) is 0 Å². The molecule has 1 saturated carbocycles. The van der Waals surface area contributed by atoms with Gasteiger partial charge >= 0.3 is 0 Å². The van der Waals surface area contributed by atoms with Gasteiger partial charge in [-0.25, -0.2) is 0 Å². The third-order valence-electron chi connectivity index (χ3n) is 7.02. The van der Waals surface area contributed by atoms with Crippen molar-refractivity contribution in [1.82, 2.24) is 4.90 Å². The van der Waals surface area contributed by atoms with Crippen molar-refractivity contribution in [2.45, 2.75) is 30.6 Å². The van der Waals surface area contributed by atoms with Crippen LogP contribution in [0.15, 0.2) is 35.1 Å². The number of rotatable bonds is 2. The molecule has 32 heavy (non-hydrogen) atoms. The number of hydrogen-bond donors (Lipinski definition) is 6. The Morgan fingerprint density at radius 1 is 1.16 bits per heavy atom. The van der Waals surface area contributed by atoms with E-state index in [1.54, 1.807) is 0 Å². The number of nitrogens with two attached hydrogens (primary N) is 1. The summed E-state index contributed by atoms with van der Waals surface area (Å²) in [7, 11) is 3.01. The van der Waals surface area contributed by atoms with Gasteiger partial charge in [0.05, 0.1) is 17.2 Å². The fraction of sp³-hybridized carbons (Fsp3) is 0.409. The lowest BCUT2D eigenvalue weighted by atomic mass is 9.54. The van der Waals surface area contributed by atoms with Crippen molar-refractivity contribution in [2.24, 2.45) is 17.6 Å². The minimum absolute atomic E-state index is 0.170. The average molecular weight is 444 g/mol. The number of amides is 1. The number of phenolic OH excluding ortho intramolecular Hbond substituents is 1. The van der Waals surface area contributed by atoms with Gasteiger partial charge in [-0.1, -0.05) is 12.1 Å². The maximum Gasteiger partial charge on any atom is 0.255 e. The average Bonchev–Trinajstić information content (AvgIpc) is 2.68. The molecule has 0 bridgehead atoms. The van der Waals surface area contributed by atoms with E-state index in [2.05, 4.69) is 0 Å². The van der Waals surface area contributed by atoms with Crippen molar-refractivity contribution in [3.05, 3.63) is 46.2 Å². The first-order valence-electron chi connectivity index (χ1n) is 9.97. The molecule has 3 aliphatic rings. The standard InChI is InChI=1S/C22H24N2O8/c1-21(31)8-5-4-6-11(25)12(8)16(26)13-9(21)7-10-15(24(2)3)17(27)14(20(23)30)19(29)22(10,32)18(13)28/h4-6,9-10,15,25-26,29,31-32H,7H2,1-3H3,(H2,23,30)/t9-,10-,15-,21+,22?/m0/s1. The molecule has 1 amide bonds. The van der Waals surface area contributed by atoms with Gasteiger partial charge in [0.15, 0.2) is 11.4 Å². The number of aromatic hydroxyl groups is 1. The summed E-state index contributed by atoms with van der Waals surface area (Å²) in [6, 6.07) is 3.02. The number of aliphatic hydroxyl groups is 4. The second-order valence-electron chi connectivity index (χ2n) is 8.96. The van der Waals surface area contributed by atoms with Crippen LogP contribution < -0.4 is 5.73 Å². The molecule has 1 aromatic carbocycles. The molecule has 1 unspecified atom stereocenters. The Morgan fingerprint density at radius 2 is 1.78 bits per heavy atom. The number of primary amides is 1. The molecule has 0 spiro atoms. The number of fused-ring (bicyclic) bond motifs is 3. The molecule has 10 nitrogen and oxygen atoms in total. The van der Waals surface area contributed by atoms with Gasteiger partial charge in [-0.15, -0.1) is 0 Å². The monoisotopic (exact) mass is 444 g/mol. The number of hydrogen-bond acceptors (Lipinski definition) is 9. The number of ketones is 2. The lowest BCUT2D eigenvalue weighted by Gasteiger charge is -2.53. The van der Waals surface area contributed by atoms with E-state index in [-0.39, 0.29) is 17.5 Å². The number of carbonyl (C=O) groups excluding carboxylic acids is 3. The maximum absolute atomic E-state index is 13.7. The first-order chi connectivity index (χ1) is 14.8. The van der Waals surface area contributed by atoms with Crippen LogP contribution >= 0.6 is 0 Å². The number of nitrogens with zero attached hydrogens (tertiary/aromatic N) is 1. The second-order valence-corrected chi connectivity index (χ2v) is 8.96. The maximum atomic E-state index is 13.7. The lowest BCUT2D eigenvalue weighted by molar-refractivity contribution is -0.159. The summed E-state index contributed by atoms with van der Waals surface area (Å²) in [5, 5.41) is 54.9. The Bertz CT molecular complexity index is 1150. The number of likely N-dealkylation sites (N-methyl/N-ethyl adjacent to an activating group) is 1. The van der Waals surface area contributed by atoms with Crippen molar-refractivity contribution in [3.8, 4) is 5.75 Å². The molecule has 4 rings (SSSR count). The Kier molecular flexibility index (Phi) is 4.57. The van der Waals surface area contributed by atoms with Crippen LogP contribution in [-0.4, -0.2) is 73.6 Å². The fourth-order valence-corrected chi connectivity index (χ4v) is 5.50. The predicted molar refractivity (Wildman–Crippen MR) is 110 cm³/mol. The summed E-state index contributed by atoms with van der Waals surface area (Å²) in [6.45, 7) is 1.40. The smallest absolute Gasteiger partial charge is 0.255 e. The number of aliphatic hydroxyl groups excluding tert-OH is 2. The molecule has 170 valence electrons. The molecule has 0 heterocycles. The van der Waals surface area contributed by atoms with E-state index in [9.17, 15) is 39.9 Å². The van der Waals surface area contributed by atoms with Crippen molar-refractivity contribution in [2.75, 3.05) is 14.1 Å². The summed E-state index contributed by atoms with van der Waals surface area (Å²) in [4.78, 5) is 40.0. The van der Waals surface area contributed by atoms with Crippen LogP contribution in [0.5, 0.6) is 5.75 Å². The summed E-state index contributed by atoms with van der Waals surface area (Å²) in [5.41, 5.74) is -0.548. The molecular weight excluding hydrogens is 420 g/mol. The van der Waals surface area contributed by atoms with Crippen molar-refractivity contribution >= 4 is 23.2 Å². The van der Waals surface area contributed by atoms with Crippen LogP contribution in [0.1, 0.15) is 24.5 Å². The molecule has 0 aliphatic heterocycles. The molecule has 1 fully saturated rings. The lowest BCUT2D eigenvalue weighted by Crippen LogP contribution is -2.67. The fourth-order valence-electron chi connectivity index (χ4n) is 5.50. The molecule has 0 saturated heterocycles. The van der Waals surface area contributed by atoms with Gasteiger partial charge in [-0.05, 0) is 39.1 Å². The highest BCUT2D eigenvalue weighted by Gasteiger charge is 2.66. The number of benzene rings is 1. The van der Waals surface area contributed by atoms with E-state index < -0.39 is 75.0 Å². The van der Waals surface area contributed by atoms with Crippen LogP contribution in [0.4, 0.5) is 0 Å². The summed E-state index contributed by atoms with van der Waals surface area (Å²) in [6.07, 6.45) is -0.200. The largest absolute Gasteiger partial charge is 0.508 e. The van der Waals surface area contributed by atoms with Gasteiger partial charge in [-0.2, -0.15) is 0 Å². The quantitative estimate of drug-likeness (QED) is 0.332. The molecule has 1 aromatic rings. The first-order valence-corrected chi connectivity index (χ1v) is 9.97. The molecule has 0 radical (unpaired) electrons. The number of phenols is 1. The highest BCUT2D eigenvalue weighted by molar-refractivity contribution is 6.24. The third-order valence-corrected chi connectivity index (χ3v) is 7.02. The van der Waals surface area contributed by atoms with Gasteiger partial charge in [0.1, 0.15) is 22.8 Å². The van der Waals surface area contributed by atoms with Crippen molar-refractivity contribution in [1.29, 1.82) is 0 Å². The Balaban J connectivity index is 2.05. The van der Waals surface area contributed by atoms with Gasteiger partial charge in [0.25, 0.3) is 5.91 Å². The molecule has 0 aromatic heterocycles. The van der Waals surface area contributed by atoms with E-state index in [4.69, 9.17) is 5.73 Å². The second kappa shape index (κ2) is 6.64. The summed E-state index contributed by atoms with van der Waals surface area (Å²) in [5.74, 6) is -7.90. The zero-order valence-corrected chi connectivity index (χ0v) is 17.7. The van der Waals surface area contributed by atoms with Gasteiger partial charge in [0.2, 0.25) is 5.78 Å². The van der Waals surface area contributed by atoms with E-state index in [0.717, 1.165) is 0 Å². The molecular formula is C22H24N2O8. The SMILES string of the molecule is CN(C)[C@@H]1C(=O)C(C(N)=O)=C(O)C2(O)C(=O)C3=C(O)c4c(O)cccc4[C@@](C)(O)[C@H]3C[C@@H]12. The first kappa shape index (κ1) is 22.0. The van der Waals surface area contributed by atoms with Crippen LogP contribution in [0, 0.1) is 11.8 Å². The van der Waals surface area contributed by atoms with E-state index in [1.807, 2.05) is 0 Å². The topological polar surface area (TPSA) is 182 Å². The van der Waals surface area contributed by atoms with Crippen LogP contribution in [0.25, 0.3) is 5.76 Å². The van der Waals surface area contributed by atoms with E-state index in [1.165, 1.54) is 44.1 Å². The van der Waals surface area contributed by atoms with E-state index >= 15 is 0 Å². The van der Waals surface area contributed by atoms with Crippen LogP contribution in [0.2, 0.25) is 0 Å². The molecule has 3 aliphatic carbocycles. The normalized spacial score (nSPS) is 34.4. The molecule has 7 N–H and O–H groups in total. The Labute approximate surface area is 182 Å². The van der Waals surface area contributed by atoms with Crippen molar-refractivity contribution in [3.63, 3.8) is 0 Å².